The molecule has 0 spiro atoms. The summed E-state index contributed by atoms with van der Waals surface area (Å²) in [4.78, 5) is 17.1. The third-order valence-corrected chi connectivity index (χ3v) is 7.14. The van der Waals surface area contributed by atoms with Crippen molar-refractivity contribution in [2.45, 2.75) is 71.8 Å². The van der Waals surface area contributed by atoms with E-state index in [1.54, 1.807) is 0 Å². The summed E-state index contributed by atoms with van der Waals surface area (Å²) < 4.78 is 8.37. The van der Waals surface area contributed by atoms with Crippen LogP contribution in [0, 0.1) is 13.8 Å². The monoisotopic (exact) mass is 511 g/mol. The number of hydrogen-bond donors (Lipinski definition) is 1. The van der Waals surface area contributed by atoms with Crippen LogP contribution < -0.4 is 10.1 Å². The standard InChI is InChI=1S/C33H41N3O2/c1-26-18-20-29(25-27(26)2)38-24-12-11-23-36-31-16-9-8-15-30(31)35-32(36)17-7-4-10-22-34-33(37)21-19-28-13-5-3-6-14-28/h3,5-6,8-9,13-16,18,20,25H,4,7,10-12,17,19,21-24H2,1-2H3,(H,34,37). The first-order valence-corrected chi connectivity index (χ1v) is 14.0. The van der Waals surface area contributed by atoms with E-state index < -0.39 is 0 Å². The lowest BCUT2D eigenvalue weighted by molar-refractivity contribution is -0.121. The molecule has 0 aliphatic carbocycles. The molecule has 1 amide bonds. The smallest absolute Gasteiger partial charge is 0.220 e. The normalized spacial score (nSPS) is 11.1. The van der Waals surface area contributed by atoms with Crippen LogP contribution in [0.1, 0.15) is 61.0 Å². The molecule has 38 heavy (non-hydrogen) atoms. The van der Waals surface area contributed by atoms with Crippen LogP contribution in [0.3, 0.4) is 0 Å². The minimum Gasteiger partial charge on any atom is -0.494 e. The van der Waals surface area contributed by atoms with Crippen molar-refractivity contribution in [1.82, 2.24) is 14.9 Å². The molecule has 5 nitrogen and oxygen atoms in total. The zero-order valence-corrected chi connectivity index (χ0v) is 22.9. The number of benzene rings is 3. The van der Waals surface area contributed by atoms with E-state index in [1.807, 2.05) is 18.2 Å². The van der Waals surface area contributed by atoms with Crippen LogP contribution in [0.2, 0.25) is 0 Å². The van der Waals surface area contributed by atoms with Gasteiger partial charge in [0.15, 0.2) is 0 Å². The molecule has 0 unspecified atom stereocenters. The molecule has 0 saturated carbocycles. The zero-order valence-electron chi connectivity index (χ0n) is 22.9. The highest BCUT2D eigenvalue weighted by Crippen LogP contribution is 2.20. The van der Waals surface area contributed by atoms with E-state index in [4.69, 9.17) is 9.72 Å². The Bertz CT molecular complexity index is 1300. The summed E-state index contributed by atoms with van der Waals surface area (Å²) in [5.74, 6) is 2.25. The Morgan fingerprint density at radius 3 is 2.50 bits per heavy atom. The number of para-hydroxylation sites is 2. The summed E-state index contributed by atoms with van der Waals surface area (Å²) in [7, 11) is 0. The number of carbonyl (C=O) groups is 1. The largest absolute Gasteiger partial charge is 0.494 e. The maximum absolute atomic E-state index is 12.1. The van der Waals surface area contributed by atoms with Gasteiger partial charge in [-0.25, -0.2) is 4.98 Å². The molecule has 0 fully saturated rings. The van der Waals surface area contributed by atoms with Gasteiger partial charge in [-0.15, -0.1) is 0 Å². The van der Waals surface area contributed by atoms with Gasteiger partial charge in [0.25, 0.3) is 0 Å². The molecule has 0 bridgehead atoms. The number of rotatable bonds is 15. The van der Waals surface area contributed by atoms with Crippen molar-refractivity contribution < 1.29 is 9.53 Å². The van der Waals surface area contributed by atoms with Gasteiger partial charge in [0.05, 0.1) is 17.6 Å². The predicted molar refractivity (Wildman–Crippen MR) is 156 cm³/mol. The van der Waals surface area contributed by atoms with Gasteiger partial charge < -0.3 is 14.6 Å². The minimum absolute atomic E-state index is 0.136. The number of amides is 1. The molecule has 1 heterocycles. The lowest BCUT2D eigenvalue weighted by Gasteiger charge is -2.11. The fraction of sp³-hybridized carbons (Fsp3) is 0.394. The summed E-state index contributed by atoms with van der Waals surface area (Å²) in [5, 5.41) is 3.07. The van der Waals surface area contributed by atoms with Gasteiger partial charge >= 0.3 is 0 Å². The third-order valence-electron chi connectivity index (χ3n) is 7.14. The molecule has 4 aromatic rings. The molecule has 1 aromatic heterocycles. The van der Waals surface area contributed by atoms with Gasteiger partial charge in [-0.1, -0.05) is 55.0 Å². The Balaban J connectivity index is 1.17. The van der Waals surface area contributed by atoms with Gasteiger partial charge in [-0.3, -0.25) is 4.79 Å². The van der Waals surface area contributed by atoms with Crippen molar-refractivity contribution in [3.63, 3.8) is 0 Å². The van der Waals surface area contributed by atoms with Crippen LogP contribution in [0.15, 0.2) is 72.8 Å². The second-order valence-electron chi connectivity index (χ2n) is 10.1. The number of imidazole rings is 1. The molecule has 4 rings (SSSR count). The van der Waals surface area contributed by atoms with E-state index in [2.05, 4.69) is 78.3 Å². The molecule has 200 valence electrons. The molecule has 0 atom stereocenters. The van der Waals surface area contributed by atoms with E-state index in [0.29, 0.717) is 6.42 Å². The van der Waals surface area contributed by atoms with Crippen LogP contribution in [0.5, 0.6) is 5.75 Å². The van der Waals surface area contributed by atoms with Gasteiger partial charge in [-0.2, -0.15) is 0 Å². The lowest BCUT2D eigenvalue weighted by atomic mass is 10.1. The second-order valence-corrected chi connectivity index (χ2v) is 10.1. The summed E-state index contributed by atoms with van der Waals surface area (Å²) >= 11 is 0. The molecule has 1 N–H and O–H groups in total. The third kappa shape index (κ3) is 8.20. The minimum atomic E-state index is 0.136. The molecule has 0 radical (unpaired) electrons. The highest BCUT2D eigenvalue weighted by Gasteiger charge is 2.10. The topological polar surface area (TPSA) is 56.1 Å². The highest BCUT2D eigenvalue weighted by molar-refractivity contribution is 5.76. The maximum Gasteiger partial charge on any atom is 0.220 e. The first-order valence-electron chi connectivity index (χ1n) is 14.0. The van der Waals surface area contributed by atoms with Crippen LogP contribution in [-0.2, 0) is 24.2 Å². The van der Waals surface area contributed by atoms with E-state index >= 15 is 0 Å². The van der Waals surface area contributed by atoms with E-state index in [-0.39, 0.29) is 5.91 Å². The molecular formula is C33H41N3O2. The van der Waals surface area contributed by atoms with Crippen molar-refractivity contribution in [1.29, 1.82) is 0 Å². The molecule has 0 aliphatic heterocycles. The highest BCUT2D eigenvalue weighted by atomic mass is 16.5. The van der Waals surface area contributed by atoms with Gasteiger partial charge in [0.1, 0.15) is 11.6 Å². The van der Waals surface area contributed by atoms with Crippen molar-refractivity contribution >= 4 is 16.9 Å². The van der Waals surface area contributed by atoms with Crippen LogP contribution >= 0.6 is 0 Å². The maximum atomic E-state index is 12.1. The van der Waals surface area contributed by atoms with Gasteiger partial charge in [0.2, 0.25) is 5.91 Å². The fourth-order valence-corrected chi connectivity index (χ4v) is 4.74. The Morgan fingerprint density at radius 2 is 1.66 bits per heavy atom. The number of fused-ring (bicyclic) bond motifs is 1. The Labute approximate surface area is 227 Å². The van der Waals surface area contributed by atoms with E-state index in [9.17, 15) is 4.79 Å². The number of nitrogens with one attached hydrogen (secondary N) is 1. The summed E-state index contributed by atoms with van der Waals surface area (Å²) in [6, 6.07) is 24.9. The Hall–Kier alpha value is -3.60. The van der Waals surface area contributed by atoms with Crippen LogP contribution in [0.25, 0.3) is 11.0 Å². The Morgan fingerprint density at radius 1 is 0.842 bits per heavy atom. The number of carbonyl (C=O) groups excluding carboxylic acids is 1. The SMILES string of the molecule is Cc1ccc(OCCCCn2c(CCCCCNC(=O)CCc3ccccc3)nc3ccccc32)cc1C. The lowest BCUT2D eigenvalue weighted by Crippen LogP contribution is -2.24. The molecule has 0 saturated heterocycles. The molecule has 5 heteroatoms. The van der Waals surface area contributed by atoms with E-state index in [1.165, 1.54) is 22.2 Å². The average molecular weight is 512 g/mol. The number of unbranched alkanes of at least 4 members (excludes halogenated alkanes) is 3. The van der Waals surface area contributed by atoms with Crippen LogP contribution in [0.4, 0.5) is 0 Å². The average Bonchev–Trinajstić information content (AvgIpc) is 3.29. The fourth-order valence-electron chi connectivity index (χ4n) is 4.74. The number of hydrogen-bond acceptors (Lipinski definition) is 3. The Kier molecular flexibility index (Phi) is 10.4. The van der Waals surface area contributed by atoms with Crippen molar-refractivity contribution in [3.8, 4) is 5.75 Å². The number of aromatic nitrogens is 2. The molecule has 0 aliphatic rings. The van der Waals surface area contributed by atoms with Gasteiger partial charge in [0, 0.05) is 25.9 Å². The zero-order chi connectivity index (χ0) is 26.6. The summed E-state index contributed by atoms with van der Waals surface area (Å²) in [6.07, 6.45) is 7.48. The number of ether oxygens (including phenoxy) is 1. The predicted octanol–water partition coefficient (Wildman–Crippen LogP) is 6.97. The quantitative estimate of drug-likeness (QED) is 0.175. The number of nitrogens with zero attached hydrogens (tertiary/aromatic N) is 2. The number of aryl methyl sites for hydroxylation is 5. The molecular weight excluding hydrogens is 470 g/mol. The van der Waals surface area contributed by atoms with Crippen molar-refractivity contribution in [3.05, 3.63) is 95.3 Å². The first kappa shape index (κ1) is 27.4. The first-order chi connectivity index (χ1) is 18.6. The summed E-state index contributed by atoms with van der Waals surface area (Å²) in [5.41, 5.74) is 6.05. The second kappa shape index (κ2) is 14.4. The van der Waals surface area contributed by atoms with Crippen LogP contribution in [-0.4, -0.2) is 28.6 Å². The van der Waals surface area contributed by atoms with Gasteiger partial charge in [-0.05, 0) is 86.9 Å². The summed E-state index contributed by atoms with van der Waals surface area (Å²) in [6.45, 7) is 6.66. The van der Waals surface area contributed by atoms with Crippen molar-refractivity contribution in [2.75, 3.05) is 13.2 Å². The van der Waals surface area contributed by atoms with E-state index in [0.717, 1.165) is 81.7 Å². The molecule has 3 aromatic carbocycles. The van der Waals surface area contributed by atoms with Crippen molar-refractivity contribution in [2.24, 2.45) is 0 Å².